The first-order valence-corrected chi connectivity index (χ1v) is 9.21. The van der Waals surface area contributed by atoms with Gasteiger partial charge in [-0.2, -0.15) is 0 Å². The number of nitrogens with one attached hydrogen (secondary N) is 2. The van der Waals surface area contributed by atoms with Gasteiger partial charge in [-0.05, 0) is 49.1 Å². The fraction of sp³-hybridized carbons (Fsp3) is 0.333. The van der Waals surface area contributed by atoms with E-state index >= 15 is 0 Å². The van der Waals surface area contributed by atoms with E-state index in [1.807, 2.05) is 30.3 Å². The summed E-state index contributed by atoms with van der Waals surface area (Å²) in [5.41, 5.74) is 8.19. The summed E-state index contributed by atoms with van der Waals surface area (Å²) < 4.78 is 5.29. The first kappa shape index (κ1) is 19.1. The van der Waals surface area contributed by atoms with Crippen molar-refractivity contribution in [1.29, 1.82) is 0 Å². The van der Waals surface area contributed by atoms with Gasteiger partial charge in [-0.3, -0.25) is 9.59 Å². The summed E-state index contributed by atoms with van der Waals surface area (Å²) >= 11 is 0. The predicted octanol–water partition coefficient (Wildman–Crippen LogP) is 2.10. The Morgan fingerprint density at radius 2 is 1.70 bits per heavy atom. The lowest BCUT2D eigenvalue weighted by Crippen LogP contribution is -2.39. The standard InChI is InChI=1S/C21H25N3O3/c22-19(14-15-4-2-1-3-5-15)21(26)24-17-8-6-16(7-9-17)20(25)23-18-10-12-27-13-11-18/h1-9,18-19H,10-14,22H2,(H,23,25)(H,24,26)/t19-/m0/s1. The van der Waals surface area contributed by atoms with E-state index in [1.54, 1.807) is 24.3 Å². The average Bonchev–Trinajstić information content (AvgIpc) is 2.70. The molecule has 1 aliphatic rings. The highest BCUT2D eigenvalue weighted by Gasteiger charge is 2.17. The zero-order valence-electron chi connectivity index (χ0n) is 15.2. The Kier molecular flexibility index (Phi) is 6.57. The Bertz CT molecular complexity index is 756. The largest absolute Gasteiger partial charge is 0.381 e. The molecule has 1 saturated heterocycles. The monoisotopic (exact) mass is 367 g/mol. The highest BCUT2D eigenvalue weighted by Crippen LogP contribution is 2.12. The molecule has 0 aromatic heterocycles. The van der Waals surface area contributed by atoms with E-state index in [4.69, 9.17) is 10.5 Å². The van der Waals surface area contributed by atoms with Gasteiger partial charge in [0.05, 0.1) is 6.04 Å². The van der Waals surface area contributed by atoms with Gasteiger partial charge in [-0.15, -0.1) is 0 Å². The summed E-state index contributed by atoms with van der Waals surface area (Å²) in [6.07, 6.45) is 2.14. The summed E-state index contributed by atoms with van der Waals surface area (Å²) in [4.78, 5) is 24.6. The van der Waals surface area contributed by atoms with Gasteiger partial charge in [-0.1, -0.05) is 30.3 Å². The van der Waals surface area contributed by atoms with Crippen molar-refractivity contribution < 1.29 is 14.3 Å². The zero-order valence-corrected chi connectivity index (χ0v) is 15.2. The van der Waals surface area contributed by atoms with Crippen molar-refractivity contribution in [3.63, 3.8) is 0 Å². The SMILES string of the molecule is N[C@@H](Cc1ccccc1)C(=O)Nc1ccc(C(=O)NC2CCOCC2)cc1. The van der Waals surface area contributed by atoms with Crippen molar-refractivity contribution in [2.45, 2.75) is 31.3 Å². The number of ether oxygens (including phenoxy) is 1. The molecule has 0 bridgehead atoms. The van der Waals surface area contributed by atoms with Gasteiger partial charge in [0, 0.05) is 30.5 Å². The van der Waals surface area contributed by atoms with E-state index in [2.05, 4.69) is 10.6 Å². The lowest BCUT2D eigenvalue weighted by molar-refractivity contribution is -0.117. The molecule has 27 heavy (non-hydrogen) atoms. The molecule has 1 aliphatic heterocycles. The van der Waals surface area contributed by atoms with Crippen molar-refractivity contribution in [2.75, 3.05) is 18.5 Å². The minimum atomic E-state index is -0.635. The van der Waals surface area contributed by atoms with E-state index < -0.39 is 6.04 Å². The molecule has 3 rings (SSSR count). The molecule has 2 aromatic carbocycles. The predicted molar refractivity (Wildman–Crippen MR) is 105 cm³/mol. The van der Waals surface area contributed by atoms with Crippen LogP contribution in [0, 0.1) is 0 Å². The topological polar surface area (TPSA) is 93.5 Å². The highest BCUT2D eigenvalue weighted by molar-refractivity contribution is 5.97. The molecule has 6 heteroatoms. The van der Waals surface area contributed by atoms with Gasteiger partial charge in [0.25, 0.3) is 5.91 Å². The van der Waals surface area contributed by atoms with Crippen LogP contribution in [-0.4, -0.2) is 37.1 Å². The molecular weight excluding hydrogens is 342 g/mol. The number of amides is 2. The summed E-state index contributed by atoms with van der Waals surface area (Å²) in [6, 6.07) is 16.0. The van der Waals surface area contributed by atoms with Gasteiger partial charge in [-0.25, -0.2) is 0 Å². The molecule has 0 spiro atoms. The van der Waals surface area contributed by atoms with Crippen LogP contribution >= 0.6 is 0 Å². The van der Waals surface area contributed by atoms with Crippen LogP contribution in [0.15, 0.2) is 54.6 Å². The molecular formula is C21H25N3O3. The molecule has 2 aromatic rings. The first-order valence-electron chi connectivity index (χ1n) is 9.21. The summed E-state index contributed by atoms with van der Waals surface area (Å²) in [6.45, 7) is 1.36. The number of anilines is 1. The second-order valence-electron chi connectivity index (χ2n) is 6.72. The first-order chi connectivity index (χ1) is 13.1. The van der Waals surface area contributed by atoms with Gasteiger partial charge >= 0.3 is 0 Å². The maximum absolute atomic E-state index is 12.3. The van der Waals surface area contributed by atoms with Crippen LogP contribution in [0.1, 0.15) is 28.8 Å². The summed E-state index contributed by atoms with van der Waals surface area (Å²) in [5, 5.41) is 5.81. The number of carbonyl (C=O) groups excluding carboxylic acids is 2. The number of carbonyl (C=O) groups is 2. The van der Waals surface area contributed by atoms with Crippen molar-refractivity contribution in [1.82, 2.24) is 5.32 Å². The van der Waals surface area contributed by atoms with Crippen molar-refractivity contribution in [3.05, 3.63) is 65.7 Å². The van der Waals surface area contributed by atoms with E-state index in [0.717, 1.165) is 18.4 Å². The molecule has 0 saturated carbocycles. The number of nitrogens with two attached hydrogens (primary N) is 1. The maximum atomic E-state index is 12.3. The highest BCUT2D eigenvalue weighted by atomic mass is 16.5. The zero-order chi connectivity index (χ0) is 19.1. The Labute approximate surface area is 159 Å². The van der Waals surface area contributed by atoms with E-state index in [0.29, 0.717) is 30.9 Å². The molecule has 6 nitrogen and oxygen atoms in total. The summed E-state index contributed by atoms with van der Waals surface area (Å²) in [7, 11) is 0. The third kappa shape index (κ3) is 5.64. The van der Waals surface area contributed by atoms with Crippen molar-refractivity contribution in [3.8, 4) is 0 Å². The third-order valence-electron chi connectivity index (χ3n) is 4.61. The minimum absolute atomic E-state index is 0.111. The van der Waals surface area contributed by atoms with Crippen molar-refractivity contribution >= 4 is 17.5 Å². The van der Waals surface area contributed by atoms with Crippen LogP contribution in [0.3, 0.4) is 0 Å². The van der Waals surface area contributed by atoms with Crippen LogP contribution in [0.4, 0.5) is 5.69 Å². The smallest absolute Gasteiger partial charge is 0.251 e. The Morgan fingerprint density at radius 1 is 1.04 bits per heavy atom. The third-order valence-corrected chi connectivity index (χ3v) is 4.61. The van der Waals surface area contributed by atoms with Crippen LogP contribution in [0.2, 0.25) is 0 Å². The molecule has 0 aliphatic carbocycles. The minimum Gasteiger partial charge on any atom is -0.381 e. The van der Waals surface area contributed by atoms with Crippen LogP contribution in [0.5, 0.6) is 0 Å². The Balaban J connectivity index is 1.52. The molecule has 1 atom stereocenters. The molecule has 2 amide bonds. The second-order valence-corrected chi connectivity index (χ2v) is 6.72. The quantitative estimate of drug-likeness (QED) is 0.729. The lowest BCUT2D eigenvalue weighted by atomic mass is 10.1. The van der Waals surface area contributed by atoms with E-state index in [9.17, 15) is 9.59 Å². The molecule has 1 heterocycles. The number of rotatable bonds is 6. The molecule has 142 valence electrons. The second kappa shape index (κ2) is 9.30. The molecule has 0 radical (unpaired) electrons. The fourth-order valence-corrected chi connectivity index (χ4v) is 3.01. The fourth-order valence-electron chi connectivity index (χ4n) is 3.01. The normalized spacial score (nSPS) is 15.7. The van der Waals surface area contributed by atoms with Crippen molar-refractivity contribution in [2.24, 2.45) is 5.73 Å². The van der Waals surface area contributed by atoms with E-state index in [1.165, 1.54) is 0 Å². The van der Waals surface area contributed by atoms with E-state index in [-0.39, 0.29) is 17.9 Å². The maximum Gasteiger partial charge on any atom is 0.251 e. The summed E-state index contributed by atoms with van der Waals surface area (Å²) in [5.74, 6) is -0.362. The number of hydrogen-bond donors (Lipinski definition) is 3. The molecule has 0 unspecified atom stereocenters. The Morgan fingerprint density at radius 3 is 2.37 bits per heavy atom. The average molecular weight is 367 g/mol. The number of benzene rings is 2. The number of hydrogen-bond acceptors (Lipinski definition) is 4. The van der Waals surface area contributed by atoms with Gasteiger partial charge in [0.1, 0.15) is 0 Å². The molecule has 4 N–H and O–H groups in total. The van der Waals surface area contributed by atoms with Gasteiger partial charge in [0.2, 0.25) is 5.91 Å². The van der Waals surface area contributed by atoms with Crippen LogP contribution in [-0.2, 0) is 16.0 Å². The van der Waals surface area contributed by atoms with Crippen LogP contribution in [0.25, 0.3) is 0 Å². The van der Waals surface area contributed by atoms with Gasteiger partial charge < -0.3 is 21.1 Å². The Hall–Kier alpha value is -2.70. The lowest BCUT2D eigenvalue weighted by Gasteiger charge is -2.23. The van der Waals surface area contributed by atoms with Gasteiger partial charge in [0.15, 0.2) is 0 Å². The van der Waals surface area contributed by atoms with Crippen LogP contribution < -0.4 is 16.4 Å². The molecule has 1 fully saturated rings.